The van der Waals surface area contributed by atoms with Crippen LogP contribution in [0.3, 0.4) is 0 Å². The Morgan fingerprint density at radius 2 is 1.26 bits per heavy atom. The highest BCUT2D eigenvalue weighted by molar-refractivity contribution is 7.91. The Morgan fingerprint density at radius 1 is 0.737 bits per heavy atom. The molecule has 100 valence electrons. The molecule has 0 aliphatic rings. The van der Waals surface area contributed by atoms with E-state index in [0.29, 0.717) is 9.79 Å². The first-order valence-corrected chi connectivity index (χ1v) is 7.70. The number of sulfone groups is 1. The van der Waals surface area contributed by atoms with E-state index in [4.69, 9.17) is 0 Å². The van der Waals surface area contributed by atoms with E-state index < -0.39 is 9.84 Å². The second kappa shape index (κ2) is 4.82. The Hall–Kier alpha value is -1.61. The van der Waals surface area contributed by atoms with Crippen LogP contribution in [0.25, 0.3) is 0 Å². The summed E-state index contributed by atoms with van der Waals surface area (Å²) >= 11 is 0. The van der Waals surface area contributed by atoms with Crippen LogP contribution >= 0.6 is 0 Å². The predicted molar refractivity (Wildman–Crippen MR) is 77.3 cm³/mol. The summed E-state index contributed by atoms with van der Waals surface area (Å²) in [5.41, 5.74) is 3.95. The van der Waals surface area contributed by atoms with Crippen LogP contribution in [0.4, 0.5) is 0 Å². The van der Waals surface area contributed by atoms with Gasteiger partial charge in [-0.15, -0.1) is 0 Å². The molecule has 0 aliphatic carbocycles. The molecular formula is C16H18O2S. The lowest BCUT2D eigenvalue weighted by atomic mass is 10.1. The average Bonchev–Trinajstić information content (AvgIpc) is 2.34. The van der Waals surface area contributed by atoms with E-state index in [1.54, 1.807) is 18.2 Å². The molecule has 0 aromatic heterocycles. The van der Waals surface area contributed by atoms with Crippen molar-refractivity contribution in [3.8, 4) is 0 Å². The van der Waals surface area contributed by atoms with Crippen molar-refractivity contribution in [3.05, 3.63) is 58.7 Å². The van der Waals surface area contributed by atoms with Crippen LogP contribution in [0, 0.1) is 27.7 Å². The van der Waals surface area contributed by atoms with Crippen molar-refractivity contribution in [3.63, 3.8) is 0 Å². The van der Waals surface area contributed by atoms with Gasteiger partial charge in [0, 0.05) is 0 Å². The van der Waals surface area contributed by atoms with Gasteiger partial charge in [0.15, 0.2) is 0 Å². The molecule has 19 heavy (non-hydrogen) atoms. The van der Waals surface area contributed by atoms with Crippen molar-refractivity contribution < 1.29 is 8.42 Å². The molecule has 0 bridgehead atoms. The van der Waals surface area contributed by atoms with Crippen molar-refractivity contribution in [2.75, 3.05) is 0 Å². The first-order chi connectivity index (χ1) is 8.82. The number of aryl methyl sites for hydroxylation is 4. The van der Waals surface area contributed by atoms with Gasteiger partial charge in [-0.3, -0.25) is 0 Å². The third kappa shape index (κ3) is 2.56. The van der Waals surface area contributed by atoms with Gasteiger partial charge < -0.3 is 0 Å². The van der Waals surface area contributed by atoms with Crippen LogP contribution in [-0.2, 0) is 9.84 Å². The minimum atomic E-state index is -3.43. The lowest BCUT2D eigenvalue weighted by Gasteiger charge is -2.11. The molecule has 0 amide bonds. The molecule has 3 heteroatoms. The largest absolute Gasteiger partial charge is 0.219 e. The maximum Gasteiger partial charge on any atom is 0.206 e. The van der Waals surface area contributed by atoms with E-state index >= 15 is 0 Å². The van der Waals surface area contributed by atoms with Gasteiger partial charge in [0.25, 0.3) is 0 Å². The van der Waals surface area contributed by atoms with E-state index in [1.807, 2.05) is 45.9 Å². The highest BCUT2D eigenvalue weighted by Crippen LogP contribution is 2.26. The summed E-state index contributed by atoms with van der Waals surface area (Å²) in [5, 5.41) is 0. The fraction of sp³-hybridized carbons (Fsp3) is 0.250. The topological polar surface area (TPSA) is 34.1 Å². The summed E-state index contributed by atoms with van der Waals surface area (Å²) in [6, 6.07) is 10.7. The van der Waals surface area contributed by atoms with Crippen LogP contribution in [-0.4, -0.2) is 8.42 Å². The normalized spacial score (nSPS) is 11.6. The molecule has 2 rings (SSSR count). The zero-order valence-corrected chi connectivity index (χ0v) is 12.5. The van der Waals surface area contributed by atoms with Crippen molar-refractivity contribution in [1.29, 1.82) is 0 Å². The zero-order chi connectivity index (χ0) is 14.2. The summed E-state index contributed by atoms with van der Waals surface area (Å²) < 4.78 is 25.3. The van der Waals surface area contributed by atoms with Crippen molar-refractivity contribution in [2.24, 2.45) is 0 Å². The van der Waals surface area contributed by atoms with Gasteiger partial charge in [-0.25, -0.2) is 8.42 Å². The maximum absolute atomic E-state index is 12.6. The lowest BCUT2D eigenvalue weighted by Crippen LogP contribution is -2.05. The molecule has 0 N–H and O–H groups in total. The van der Waals surface area contributed by atoms with Crippen molar-refractivity contribution in [2.45, 2.75) is 37.5 Å². The fourth-order valence-electron chi connectivity index (χ4n) is 2.07. The second-order valence-electron chi connectivity index (χ2n) is 5.02. The summed E-state index contributed by atoms with van der Waals surface area (Å²) in [6.45, 7) is 7.71. The van der Waals surface area contributed by atoms with E-state index in [1.165, 1.54) is 0 Å². The first kappa shape index (κ1) is 13.8. The van der Waals surface area contributed by atoms with E-state index in [-0.39, 0.29) is 0 Å². The Balaban J connectivity index is 2.63. The molecule has 0 saturated heterocycles. The molecule has 0 unspecified atom stereocenters. The maximum atomic E-state index is 12.6. The van der Waals surface area contributed by atoms with E-state index in [0.717, 1.165) is 22.3 Å². The molecule has 2 nitrogen and oxygen atoms in total. The highest BCUT2D eigenvalue weighted by Gasteiger charge is 2.20. The highest BCUT2D eigenvalue weighted by atomic mass is 32.2. The molecule has 0 radical (unpaired) electrons. The van der Waals surface area contributed by atoms with Crippen LogP contribution < -0.4 is 0 Å². The average molecular weight is 274 g/mol. The van der Waals surface area contributed by atoms with Crippen LogP contribution in [0.15, 0.2) is 46.2 Å². The molecule has 0 saturated carbocycles. The number of rotatable bonds is 2. The van der Waals surface area contributed by atoms with Crippen LogP contribution in [0.1, 0.15) is 22.3 Å². The molecular weight excluding hydrogens is 256 g/mol. The van der Waals surface area contributed by atoms with Gasteiger partial charge in [0.1, 0.15) is 0 Å². The molecule has 0 aliphatic heterocycles. The monoisotopic (exact) mass is 274 g/mol. The summed E-state index contributed by atoms with van der Waals surface area (Å²) in [4.78, 5) is 0.754. The van der Waals surface area contributed by atoms with Gasteiger partial charge in [-0.1, -0.05) is 23.8 Å². The molecule has 0 fully saturated rings. The van der Waals surface area contributed by atoms with E-state index in [9.17, 15) is 8.42 Å². The predicted octanol–water partition coefficient (Wildman–Crippen LogP) is 3.75. The Kier molecular flexibility index (Phi) is 3.50. The first-order valence-electron chi connectivity index (χ1n) is 6.22. The third-order valence-electron chi connectivity index (χ3n) is 3.41. The molecule has 0 spiro atoms. The Morgan fingerprint density at radius 3 is 1.84 bits per heavy atom. The van der Waals surface area contributed by atoms with Crippen LogP contribution in [0.2, 0.25) is 0 Å². The van der Waals surface area contributed by atoms with Gasteiger partial charge in [0.05, 0.1) is 9.79 Å². The fourth-order valence-corrected chi connectivity index (χ4v) is 3.63. The summed E-state index contributed by atoms with van der Waals surface area (Å²) in [6.07, 6.45) is 0. The van der Waals surface area contributed by atoms with Crippen molar-refractivity contribution in [1.82, 2.24) is 0 Å². The second-order valence-corrected chi connectivity index (χ2v) is 6.94. The number of hydrogen-bond donors (Lipinski definition) is 0. The molecule has 0 atom stereocenters. The minimum absolute atomic E-state index is 0.351. The standard InChI is InChI=1S/C16H18O2S/c1-11-5-7-15(8-6-11)19(17,18)16-10-13(3)12(2)9-14(16)4/h5-10H,1-4H3. The lowest BCUT2D eigenvalue weighted by molar-refractivity contribution is 0.595. The summed E-state index contributed by atoms with van der Waals surface area (Å²) in [5.74, 6) is 0. The smallest absolute Gasteiger partial charge is 0.206 e. The van der Waals surface area contributed by atoms with Crippen molar-refractivity contribution >= 4 is 9.84 Å². The SMILES string of the molecule is Cc1ccc(S(=O)(=O)c2cc(C)c(C)cc2C)cc1. The molecule has 0 heterocycles. The summed E-state index contributed by atoms with van der Waals surface area (Å²) in [7, 11) is -3.43. The number of benzene rings is 2. The van der Waals surface area contributed by atoms with Gasteiger partial charge in [-0.05, 0) is 62.6 Å². The molecule has 2 aromatic rings. The zero-order valence-electron chi connectivity index (χ0n) is 11.7. The molecule has 2 aromatic carbocycles. The van der Waals surface area contributed by atoms with Crippen LogP contribution in [0.5, 0.6) is 0 Å². The van der Waals surface area contributed by atoms with E-state index in [2.05, 4.69) is 0 Å². The Labute approximate surface area is 115 Å². The third-order valence-corrected chi connectivity index (χ3v) is 5.32. The minimum Gasteiger partial charge on any atom is -0.219 e. The number of hydrogen-bond acceptors (Lipinski definition) is 2. The van der Waals surface area contributed by atoms with Gasteiger partial charge in [0.2, 0.25) is 9.84 Å². The quantitative estimate of drug-likeness (QED) is 0.835. The van der Waals surface area contributed by atoms with Gasteiger partial charge in [-0.2, -0.15) is 0 Å². The Bertz CT molecular complexity index is 711. The van der Waals surface area contributed by atoms with Gasteiger partial charge >= 0.3 is 0 Å².